The lowest BCUT2D eigenvalue weighted by molar-refractivity contribution is -0.116. The van der Waals surface area contributed by atoms with Crippen molar-refractivity contribution in [3.8, 4) is 0 Å². The molecule has 0 fully saturated rings. The molecule has 0 aliphatic rings. The summed E-state index contributed by atoms with van der Waals surface area (Å²) in [6.45, 7) is 2.19. The predicted octanol–water partition coefficient (Wildman–Crippen LogP) is 3.03. The second-order valence-electron chi connectivity index (χ2n) is 5.12. The van der Waals surface area contributed by atoms with Gasteiger partial charge in [-0.05, 0) is 30.7 Å². The Bertz CT molecular complexity index is 822. The van der Waals surface area contributed by atoms with Crippen molar-refractivity contribution in [1.82, 2.24) is 9.55 Å². The molecule has 0 atom stereocenters. The number of aryl methyl sites for hydroxylation is 1. The monoisotopic (exact) mass is 294 g/mol. The Morgan fingerprint density at radius 3 is 2.64 bits per heavy atom. The van der Waals surface area contributed by atoms with Crippen LogP contribution in [0.15, 0.2) is 48.5 Å². The molecule has 2 aromatic carbocycles. The lowest BCUT2D eigenvalue weighted by Crippen LogP contribution is -2.20. The van der Waals surface area contributed by atoms with E-state index in [-0.39, 0.29) is 12.5 Å². The number of amides is 1. The summed E-state index contributed by atoms with van der Waals surface area (Å²) >= 11 is 0. The molecule has 0 unspecified atom stereocenters. The van der Waals surface area contributed by atoms with Crippen LogP contribution in [0, 0.1) is 6.92 Å². The molecule has 3 rings (SSSR count). The standard InChI is InChI=1S/C17H18N4O/c1-12-7-3-4-8-13(12)19-16(22)11-21-15-10-6-5-9-14(15)20-17(21)18-2/h3-10H,11H2,1-2H3,(H,18,20)(H,19,22). The van der Waals surface area contributed by atoms with E-state index in [1.807, 2.05) is 60.0 Å². The van der Waals surface area contributed by atoms with E-state index in [4.69, 9.17) is 0 Å². The van der Waals surface area contributed by atoms with Crippen molar-refractivity contribution in [2.75, 3.05) is 17.7 Å². The van der Waals surface area contributed by atoms with Crippen LogP contribution in [0.4, 0.5) is 11.6 Å². The molecular weight excluding hydrogens is 276 g/mol. The van der Waals surface area contributed by atoms with Gasteiger partial charge in [0.25, 0.3) is 0 Å². The van der Waals surface area contributed by atoms with Gasteiger partial charge in [0.15, 0.2) is 0 Å². The summed E-state index contributed by atoms with van der Waals surface area (Å²) in [5, 5.41) is 5.99. The predicted molar refractivity (Wildman–Crippen MR) is 89.1 cm³/mol. The Morgan fingerprint density at radius 2 is 1.86 bits per heavy atom. The first-order valence-corrected chi connectivity index (χ1v) is 7.17. The maximum absolute atomic E-state index is 12.4. The van der Waals surface area contributed by atoms with Crippen LogP contribution in [-0.4, -0.2) is 22.5 Å². The van der Waals surface area contributed by atoms with Crippen molar-refractivity contribution < 1.29 is 4.79 Å². The largest absolute Gasteiger partial charge is 0.359 e. The van der Waals surface area contributed by atoms with E-state index < -0.39 is 0 Å². The van der Waals surface area contributed by atoms with Gasteiger partial charge in [-0.1, -0.05) is 30.3 Å². The van der Waals surface area contributed by atoms with Crippen LogP contribution in [0.2, 0.25) is 0 Å². The highest BCUT2D eigenvalue weighted by Crippen LogP contribution is 2.19. The number of rotatable bonds is 4. The first kappa shape index (κ1) is 14.1. The van der Waals surface area contributed by atoms with Crippen LogP contribution in [0.25, 0.3) is 11.0 Å². The van der Waals surface area contributed by atoms with Crippen LogP contribution in [-0.2, 0) is 11.3 Å². The van der Waals surface area contributed by atoms with Crippen molar-refractivity contribution >= 4 is 28.6 Å². The van der Waals surface area contributed by atoms with E-state index in [1.165, 1.54) is 0 Å². The molecule has 0 saturated heterocycles. The van der Waals surface area contributed by atoms with Crippen LogP contribution in [0.5, 0.6) is 0 Å². The fourth-order valence-electron chi connectivity index (χ4n) is 2.47. The number of para-hydroxylation sites is 3. The zero-order valence-electron chi connectivity index (χ0n) is 12.6. The van der Waals surface area contributed by atoms with Gasteiger partial charge in [-0.2, -0.15) is 0 Å². The molecule has 2 N–H and O–H groups in total. The number of carbonyl (C=O) groups excluding carboxylic acids is 1. The molecule has 1 heterocycles. The number of anilines is 2. The third-order valence-electron chi connectivity index (χ3n) is 3.60. The minimum Gasteiger partial charge on any atom is -0.359 e. The molecule has 22 heavy (non-hydrogen) atoms. The molecule has 1 aromatic heterocycles. The number of imidazole rings is 1. The summed E-state index contributed by atoms with van der Waals surface area (Å²) in [6.07, 6.45) is 0. The molecule has 0 aliphatic heterocycles. The fraction of sp³-hybridized carbons (Fsp3) is 0.176. The Hall–Kier alpha value is -2.82. The molecule has 0 radical (unpaired) electrons. The summed E-state index contributed by atoms with van der Waals surface area (Å²) in [5.41, 5.74) is 3.69. The SMILES string of the molecule is CNc1nc2ccccc2n1CC(=O)Nc1ccccc1C. The minimum atomic E-state index is -0.0750. The first-order valence-electron chi connectivity index (χ1n) is 7.17. The van der Waals surface area contributed by atoms with Gasteiger partial charge in [-0.3, -0.25) is 4.79 Å². The maximum Gasteiger partial charge on any atom is 0.244 e. The Balaban J connectivity index is 1.86. The molecule has 0 aliphatic carbocycles. The van der Waals surface area contributed by atoms with Crippen molar-refractivity contribution in [2.45, 2.75) is 13.5 Å². The number of carbonyl (C=O) groups is 1. The highest BCUT2D eigenvalue weighted by atomic mass is 16.1. The van der Waals surface area contributed by atoms with Crippen LogP contribution in [0.1, 0.15) is 5.56 Å². The quantitative estimate of drug-likeness (QED) is 0.777. The van der Waals surface area contributed by atoms with E-state index in [0.29, 0.717) is 5.95 Å². The van der Waals surface area contributed by atoms with Crippen LogP contribution in [0.3, 0.4) is 0 Å². The molecule has 5 nitrogen and oxygen atoms in total. The van der Waals surface area contributed by atoms with Gasteiger partial charge < -0.3 is 15.2 Å². The fourth-order valence-corrected chi connectivity index (χ4v) is 2.47. The van der Waals surface area contributed by atoms with Gasteiger partial charge in [0.1, 0.15) is 6.54 Å². The number of hydrogen-bond acceptors (Lipinski definition) is 3. The van der Waals surface area contributed by atoms with E-state index >= 15 is 0 Å². The van der Waals surface area contributed by atoms with Gasteiger partial charge in [-0.25, -0.2) is 4.98 Å². The van der Waals surface area contributed by atoms with Gasteiger partial charge in [0.2, 0.25) is 11.9 Å². The number of benzene rings is 2. The second kappa shape index (κ2) is 5.89. The molecule has 0 saturated carbocycles. The normalized spacial score (nSPS) is 10.6. The smallest absolute Gasteiger partial charge is 0.244 e. The number of hydrogen-bond donors (Lipinski definition) is 2. The Kier molecular flexibility index (Phi) is 3.78. The van der Waals surface area contributed by atoms with Gasteiger partial charge in [0, 0.05) is 12.7 Å². The Labute approximate surface area is 129 Å². The summed E-state index contributed by atoms with van der Waals surface area (Å²) in [6, 6.07) is 15.5. The zero-order valence-corrected chi connectivity index (χ0v) is 12.6. The summed E-state index contributed by atoms with van der Waals surface area (Å²) in [4.78, 5) is 16.8. The van der Waals surface area contributed by atoms with Gasteiger partial charge >= 0.3 is 0 Å². The zero-order chi connectivity index (χ0) is 15.5. The molecule has 0 bridgehead atoms. The molecule has 112 valence electrons. The molecule has 0 spiro atoms. The highest BCUT2D eigenvalue weighted by molar-refractivity contribution is 5.92. The van der Waals surface area contributed by atoms with Crippen molar-refractivity contribution in [2.24, 2.45) is 0 Å². The lowest BCUT2D eigenvalue weighted by atomic mass is 10.2. The van der Waals surface area contributed by atoms with Crippen molar-refractivity contribution in [3.05, 3.63) is 54.1 Å². The van der Waals surface area contributed by atoms with E-state index in [1.54, 1.807) is 7.05 Å². The van der Waals surface area contributed by atoms with Gasteiger partial charge in [-0.15, -0.1) is 0 Å². The van der Waals surface area contributed by atoms with Crippen LogP contribution >= 0.6 is 0 Å². The summed E-state index contributed by atoms with van der Waals surface area (Å²) in [7, 11) is 1.80. The lowest BCUT2D eigenvalue weighted by Gasteiger charge is -2.11. The van der Waals surface area contributed by atoms with Crippen molar-refractivity contribution in [1.29, 1.82) is 0 Å². The third-order valence-corrected chi connectivity index (χ3v) is 3.60. The average molecular weight is 294 g/mol. The molecule has 3 aromatic rings. The third kappa shape index (κ3) is 2.65. The highest BCUT2D eigenvalue weighted by Gasteiger charge is 2.13. The van der Waals surface area contributed by atoms with E-state index in [2.05, 4.69) is 15.6 Å². The van der Waals surface area contributed by atoms with Gasteiger partial charge in [0.05, 0.1) is 11.0 Å². The number of nitrogens with one attached hydrogen (secondary N) is 2. The maximum atomic E-state index is 12.4. The summed E-state index contributed by atoms with van der Waals surface area (Å²) in [5.74, 6) is 0.607. The number of nitrogens with zero attached hydrogens (tertiary/aromatic N) is 2. The second-order valence-corrected chi connectivity index (χ2v) is 5.12. The number of fused-ring (bicyclic) bond motifs is 1. The van der Waals surface area contributed by atoms with Crippen molar-refractivity contribution in [3.63, 3.8) is 0 Å². The number of aromatic nitrogens is 2. The minimum absolute atomic E-state index is 0.0750. The molecular formula is C17H18N4O. The van der Waals surface area contributed by atoms with E-state index in [9.17, 15) is 4.79 Å². The average Bonchev–Trinajstić information content (AvgIpc) is 2.87. The van der Waals surface area contributed by atoms with Crippen LogP contribution < -0.4 is 10.6 Å². The van der Waals surface area contributed by atoms with E-state index in [0.717, 1.165) is 22.3 Å². The Morgan fingerprint density at radius 1 is 1.14 bits per heavy atom. The molecule has 1 amide bonds. The topological polar surface area (TPSA) is 59.0 Å². The summed E-state index contributed by atoms with van der Waals surface area (Å²) < 4.78 is 1.88. The first-order chi connectivity index (χ1) is 10.7. The molecule has 5 heteroatoms.